The minimum Gasteiger partial charge on any atom is -0.466 e. The number of amides is 1. The van der Waals surface area contributed by atoms with Crippen molar-refractivity contribution in [2.24, 2.45) is 0 Å². The largest absolute Gasteiger partial charge is 0.466 e. The fourth-order valence-electron chi connectivity index (χ4n) is 9.31. The second kappa shape index (κ2) is 49.4. The van der Waals surface area contributed by atoms with Crippen LogP contribution in [0, 0.1) is 0 Å². The smallest absolute Gasteiger partial charge is 0.305 e. The van der Waals surface area contributed by atoms with Crippen LogP contribution in [-0.4, -0.2) is 100 Å². The fourth-order valence-corrected chi connectivity index (χ4v) is 9.31. The molecule has 0 aliphatic carbocycles. The molecule has 1 rings (SSSR count). The molecule has 6 N–H and O–H groups in total. The van der Waals surface area contributed by atoms with Crippen LogP contribution in [0.25, 0.3) is 0 Å². The lowest BCUT2D eigenvalue weighted by Crippen LogP contribution is -2.60. The maximum Gasteiger partial charge on any atom is 0.305 e. The van der Waals surface area contributed by atoms with Crippen LogP contribution in [0.3, 0.4) is 0 Å². The Hall–Kier alpha value is -1.86. The van der Waals surface area contributed by atoms with E-state index in [0.29, 0.717) is 19.4 Å². The van der Waals surface area contributed by atoms with Crippen LogP contribution in [0.15, 0.2) is 24.3 Å². The molecule has 1 fully saturated rings. The topological polar surface area (TPSA) is 175 Å². The van der Waals surface area contributed by atoms with Gasteiger partial charge < -0.3 is 45.1 Å². The van der Waals surface area contributed by atoms with Crippen LogP contribution in [-0.2, 0) is 23.8 Å². The molecule has 11 nitrogen and oxygen atoms in total. The van der Waals surface area contributed by atoms with E-state index in [-0.39, 0.29) is 18.5 Å². The summed E-state index contributed by atoms with van der Waals surface area (Å²) in [5.74, 6) is -0.199. The second-order valence-corrected chi connectivity index (χ2v) is 20.7. The number of allylic oxidation sites excluding steroid dienone is 3. The number of carbonyl (C=O) groups excluding carboxylic acids is 2. The summed E-state index contributed by atoms with van der Waals surface area (Å²) in [6, 6.07) is -0.815. The summed E-state index contributed by atoms with van der Waals surface area (Å²) in [6.45, 7) is 4.32. The van der Waals surface area contributed by atoms with Gasteiger partial charge in [-0.3, -0.25) is 9.59 Å². The van der Waals surface area contributed by atoms with Gasteiger partial charge in [0.25, 0.3) is 0 Å². The maximum atomic E-state index is 13.0. The first-order valence-electron chi connectivity index (χ1n) is 29.6. The van der Waals surface area contributed by atoms with Gasteiger partial charge in [-0.2, -0.15) is 0 Å². The Bertz CT molecular complexity index is 1220. The van der Waals surface area contributed by atoms with Crippen LogP contribution in [0.2, 0.25) is 0 Å². The van der Waals surface area contributed by atoms with Crippen molar-refractivity contribution in [3.8, 4) is 0 Å². The summed E-state index contributed by atoms with van der Waals surface area (Å²) in [4.78, 5) is 25.0. The minimum absolute atomic E-state index is 0.00807. The summed E-state index contributed by atoms with van der Waals surface area (Å²) in [5.41, 5.74) is 0. The van der Waals surface area contributed by atoms with Gasteiger partial charge in [-0.05, 0) is 57.8 Å². The molecule has 1 heterocycles. The number of hydrogen-bond donors (Lipinski definition) is 6. The normalized spacial score (nSPS) is 19.3. The molecule has 1 saturated heterocycles. The van der Waals surface area contributed by atoms with Gasteiger partial charge in [-0.25, -0.2) is 0 Å². The number of nitrogens with one attached hydrogen (secondary N) is 1. The average Bonchev–Trinajstić information content (AvgIpc) is 3.36. The van der Waals surface area contributed by atoms with Crippen LogP contribution in [0.1, 0.15) is 277 Å². The van der Waals surface area contributed by atoms with Crippen LogP contribution in [0.4, 0.5) is 0 Å². The number of ether oxygens (including phenoxy) is 3. The number of esters is 1. The van der Waals surface area contributed by atoms with E-state index in [2.05, 4.69) is 31.3 Å². The zero-order valence-electron chi connectivity index (χ0n) is 45.2. The monoisotopic (exact) mass is 994 g/mol. The number of aliphatic hydroxyl groups is 5. The molecule has 1 aliphatic heterocycles. The van der Waals surface area contributed by atoms with Gasteiger partial charge in [-0.15, -0.1) is 0 Å². The number of hydrogen-bond acceptors (Lipinski definition) is 10. The van der Waals surface area contributed by atoms with Gasteiger partial charge in [0, 0.05) is 12.8 Å². The van der Waals surface area contributed by atoms with Crippen LogP contribution >= 0.6 is 0 Å². The molecule has 0 aromatic rings. The van der Waals surface area contributed by atoms with Gasteiger partial charge in [0.2, 0.25) is 5.91 Å². The van der Waals surface area contributed by atoms with Crippen molar-refractivity contribution in [3.05, 3.63) is 24.3 Å². The summed E-state index contributed by atoms with van der Waals surface area (Å²) >= 11 is 0. The molecule has 0 aromatic heterocycles. The Morgan fingerprint density at radius 1 is 0.514 bits per heavy atom. The lowest BCUT2D eigenvalue weighted by molar-refractivity contribution is -0.302. The molecule has 11 heteroatoms. The van der Waals surface area contributed by atoms with Crippen molar-refractivity contribution in [3.63, 3.8) is 0 Å². The zero-order valence-corrected chi connectivity index (χ0v) is 45.2. The molecular weight excluding hydrogens is 883 g/mol. The van der Waals surface area contributed by atoms with Crippen molar-refractivity contribution >= 4 is 11.9 Å². The van der Waals surface area contributed by atoms with E-state index in [1.807, 2.05) is 6.08 Å². The first kappa shape index (κ1) is 66.2. The summed E-state index contributed by atoms with van der Waals surface area (Å²) < 4.78 is 16.7. The predicted octanol–water partition coefficient (Wildman–Crippen LogP) is 13.3. The standard InChI is InChI=1S/C59H111NO10/c1-3-5-7-9-11-13-25-29-33-37-41-45-52(62)51(50-69-59-58(67)57(66)56(65)53(49-61)70-59)60-54(63)46-42-38-34-30-27-23-21-19-17-15-16-18-20-22-24-28-32-36-40-44-48-68-55(64)47-43-39-35-31-26-14-12-10-8-6-4-2/h15,17,41,45,51-53,56-59,61-62,65-67H,3-14,16,18-40,42-44,46-50H2,1-2H3,(H,60,63)/b17-15-,45-41+. The summed E-state index contributed by atoms with van der Waals surface area (Å²) in [6.07, 6.45) is 48.4. The van der Waals surface area contributed by atoms with Crippen molar-refractivity contribution in [2.75, 3.05) is 19.8 Å². The molecular formula is C59H111NO10. The van der Waals surface area contributed by atoms with Crippen molar-refractivity contribution in [2.45, 2.75) is 320 Å². The molecule has 0 radical (unpaired) electrons. The Morgan fingerprint density at radius 3 is 1.37 bits per heavy atom. The van der Waals surface area contributed by atoms with Crippen molar-refractivity contribution in [1.29, 1.82) is 0 Å². The van der Waals surface area contributed by atoms with E-state index >= 15 is 0 Å². The Labute approximate surface area is 429 Å². The van der Waals surface area contributed by atoms with Crippen molar-refractivity contribution < 1.29 is 49.3 Å². The zero-order chi connectivity index (χ0) is 51.0. The van der Waals surface area contributed by atoms with Gasteiger partial charge in [0.1, 0.15) is 24.4 Å². The molecule has 0 bridgehead atoms. The number of carbonyl (C=O) groups is 2. The van der Waals surface area contributed by atoms with E-state index in [1.165, 1.54) is 173 Å². The molecule has 7 atom stereocenters. The van der Waals surface area contributed by atoms with Gasteiger partial charge in [0.05, 0.1) is 32.0 Å². The lowest BCUT2D eigenvalue weighted by Gasteiger charge is -2.40. The number of rotatable bonds is 51. The van der Waals surface area contributed by atoms with Crippen LogP contribution in [0.5, 0.6) is 0 Å². The third-order valence-electron chi connectivity index (χ3n) is 14.1. The third kappa shape index (κ3) is 38.7. The summed E-state index contributed by atoms with van der Waals surface area (Å²) in [5, 5.41) is 54.3. The first-order chi connectivity index (χ1) is 34.2. The average molecular weight is 995 g/mol. The van der Waals surface area contributed by atoms with E-state index in [9.17, 15) is 35.1 Å². The molecule has 1 amide bonds. The van der Waals surface area contributed by atoms with Gasteiger partial charge in [0.15, 0.2) is 6.29 Å². The number of aliphatic hydroxyl groups excluding tert-OH is 5. The molecule has 412 valence electrons. The third-order valence-corrected chi connectivity index (χ3v) is 14.1. The second-order valence-electron chi connectivity index (χ2n) is 20.7. The molecule has 1 aliphatic rings. The highest BCUT2D eigenvalue weighted by molar-refractivity contribution is 5.76. The Morgan fingerprint density at radius 2 is 0.914 bits per heavy atom. The van der Waals surface area contributed by atoms with Gasteiger partial charge >= 0.3 is 5.97 Å². The van der Waals surface area contributed by atoms with Crippen LogP contribution < -0.4 is 5.32 Å². The SMILES string of the molecule is CCCCCCCCCCC/C=C/C(O)C(COC1OC(CO)C(O)C(O)C1O)NC(=O)CCCCCCCCC/C=C\CCCCCCCCCCCOC(=O)CCCCCCCCCCCCC. The summed E-state index contributed by atoms with van der Waals surface area (Å²) in [7, 11) is 0. The van der Waals surface area contributed by atoms with Gasteiger partial charge in [-0.1, -0.05) is 231 Å². The highest BCUT2D eigenvalue weighted by atomic mass is 16.7. The lowest BCUT2D eigenvalue weighted by atomic mass is 9.99. The molecule has 70 heavy (non-hydrogen) atoms. The molecule has 0 saturated carbocycles. The minimum atomic E-state index is -1.57. The molecule has 7 unspecified atom stereocenters. The fraction of sp³-hybridized carbons (Fsp3) is 0.898. The van der Waals surface area contributed by atoms with Crippen molar-refractivity contribution in [1.82, 2.24) is 5.32 Å². The Balaban J connectivity index is 2.08. The first-order valence-corrected chi connectivity index (χ1v) is 29.6. The van der Waals surface area contributed by atoms with E-state index < -0.39 is 49.5 Å². The molecule has 0 spiro atoms. The Kier molecular flexibility index (Phi) is 46.6. The molecule has 0 aromatic carbocycles. The van der Waals surface area contributed by atoms with E-state index in [1.54, 1.807) is 6.08 Å². The number of unbranched alkanes of at least 4 members (excludes halogenated alkanes) is 35. The predicted molar refractivity (Wildman–Crippen MR) is 288 cm³/mol. The highest BCUT2D eigenvalue weighted by Gasteiger charge is 2.44. The highest BCUT2D eigenvalue weighted by Crippen LogP contribution is 2.23. The quantitative estimate of drug-likeness (QED) is 0.0195. The van der Waals surface area contributed by atoms with E-state index in [4.69, 9.17) is 14.2 Å². The van der Waals surface area contributed by atoms with E-state index in [0.717, 1.165) is 77.0 Å². The maximum absolute atomic E-state index is 13.0.